The van der Waals surface area contributed by atoms with Gasteiger partial charge in [-0.3, -0.25) is 0 Å². The van der Waals surface area contributed by atoms with E-state index in [0.717, 1.165) is 10.8 Å². The Labute approximate surface area is 92.6 Å². The Morgan fingerprint density at radius 2 is 2.31 bits per heavy atom. The molecule has 0 saturated carbocycles. The van der Waals surface area contributed by atoms with Crippen molar-refractivity contribution in [2.75, 3.05) is 5.75 Å². The van der Waals surface area contributed by atoms with Crippen LogP contribution >= 0.6 is 35.0 Å². The van der Waals surface area contributed by atoms with E-state index in [4.69, 9.17) is 23.2 Å². The zero-order valence-electron chi connectivity index (χ0n) is 7.26. The Morgan fingerprint density at radius 3 is 2.77 bits per heavy atom. The number of rotatable bonds is 1. The van der Waals surface area contributed by atoms with E-state index < -0.39 is 0 Å². The Bertz CT molecular complexity index is 322. The fraction of sp³-hybridized carbons (Fsp3) is 0.400. The van der Waals surface area contributed by atoms with Crippen molar-refractivity contribution in [3.63, 3.8) is 0 Å². The molecular weight excluding hydrogens is 223 g/mol. The molecule has 1 aromatic rings. The van der Waals surface area contributed by atoms with Crippen molar-refractivity contribution in [3.8, 4) is 0 Å². The quantitative estimate of drug-likeness (QED) is 0.657. The van der Waals surface area contributed by atoms with Crippen molar-refractivity contribution in [1.82, 2.24) is 0 Å². The van der Waals surface area contributed by atoms with Crippen LogP contribution in [0.15, 0.2) is 24.3 Å². The maximum atomic E-state index is 6.29. The van der Waals surface area contributed by atoms with E-state index in [9.17, 15) is 0 Å². The molecule has 0 aromatic heterocycles. The Kier molecular flexibility index (Phi) is 2.52. The molecule has 2 atom stereocenters. The molecule has 0 bridgehead atoms. The minimum absolute atomic E-state index is 0.0879. The molecule has 1 fully saturated rings. The van der Waals surface area contributed by atoms with Crippen LogP contribution < -0.4 is 0 Å². The van der Waals surface area contributed by atoms with Crippen LogP contribution in [-0.4, -0.2) is 10.6 Å². The third-order valence-electron chi connectivity index (χ3n) is 2.23. The van der Waals surface area contributed by atoms with Crippen LogP contribution in [0.1, 0.15) is 17.7 Å². The summed E-state index contributed by atoms with van der Waals surface area (Å²) in [7, 11) is 0. The van der Waals surface area contributed by atoms with Gasteiger partial charge >= 0.3 is 0 Å². The van der Waals surface area contributed by atoms with Crippen LogP contribution in [0.4, 0.5) is 0 Å². The number of halogens is 2. The van der Waals surface area contributed by atoms with Gasteiger partial charge in [0, 0.05) is 16.0 Å². The SMILES string of the molecule is CC1(Cl)CSC1c1cccc(Cl)c1. The standard InChI is InChI=1S/C10H10Cl2S/c1-10(12)6-13-9(10)7-3-2-4-8(11)5-7/h2-5,9H,6H2,1H3. The van der Waals surface area contributed by atoms with Crippen LogP contribution in [0.2, 0.25) is 5.02 Å². The molecule has 3 heteroatoms. The number of hydrogen-bond donors (Lipinski definition) is 0. The first-order chi connectivity index (χ1) is 6.09. The van der Waals surface area contributed by atoms with Crippen LogP contribution in [0.3, 0.4) is 0 Å². The number of hydrogen-bond acceptors (Lipinski definition) is 1. The predicted molar refractivity (Wildman–Crippen MR) is 60.9 cm³/mol. The lowest BCUT2D eigenvalue weighted by molar-refractivity contribution is 0.644. The molecule has 0 N–H and O–H groups in total. The second kappa shape index (κ2) is 3.38. The van der Waals surface area contributed by atoms with Gasteiger partial charge in [0.05, 0.1) is 4.87 Å². The Morgan fingerprint density at radius 1 is 1.54 bits per heavy atom. The second-order valence-corrected chi connectivity index (χ2v) is 5.92. The summed E-state index contributed by atoms with van der Waals surface area (Å²) in [6.45, 7) is 2.08. The second-order valence-electron chi connectivity index (χ2n) is 3.52. The molecule has 0 spiro atoms. The van der Waals surface area contributed by atoms with Crippen LogP contribution in [0, 0.1) is 0 Å². The van der Waals surface area contributed by atoms with E-state index in [0.29, 0.717) is 5.25 Å². The predicted octanol–water partition coefficient (Wildman–Crippen LogP) is 4.13. The van der Waals surface area contributed by atoms with Gasteiger partial charge in [0.1, 0.15) is 0 Å². The summed E-state index contributed by atoms with van der Waals surface area (Å²) in [5.41, 5.74) is 1.24. The smallest absolute Gasteiger partial charge is 0.0667 e. The summed E-state index contributed by atoms with van der Waals surface area (Å²) in [4.78, 5) is -0.0879. The van der Waals surface area contributed by atoms with Crippen molar-refractivity contribution in [1.29, 1.82) is 0 Å². The molecule has 1 aliphatic heterocycles. The lowest BCUT2D eigenvalue weighted by atomic mass is 10.00. The lowest BCUT2D eigenvalue weighted by Crippen LogP contribution is -2.37. The summed E-state index contributed by atoms with van der Waals surface area (Å²) >= 11 is 14.1. The van der Waals surface area contributed by atoms with Crippen molar-refractivity contribution in [2.45, 2.75) is 17.0 Å². The molecule has 2 rings (SSSR count). The number of alkyl halides is 1. The highest BCUT2D eigenvalue weighted by atomic mass is 35.5. The highest BCUT2D eigenvalue weighted by Gasteiger charge is 2.42. The van der Waals surface area contributed by atoms with Crippen molar-refractivity contribution in [2.24, 2.45) is 0 Å². The lowest BCUT2D eigenvalue weighted by Gasteiger charge is -2.41. The zero-order chi connectivity index (χ0) is 9.47. The molecule has 0 aliphatic carbocycles. The van der Waals surface area contributed by atoms with Crippen LogP contribution in [-0.2, 0) is 0 Å². The maximum absolute atomic E-state index is 6.29. The summed E-state index contributed by atoms with van der Waals surface area (Å²) in [6, 6.07) is 7.95. The van der Waals surface area contributed by atoms with Crippen molar-refractivity contribution >= 4 is 35.0 Å². The fourth-order valence-corrected chi connectivity index (χ4v) is 3.34. The van der Waals surface area contributed by atoms with Crippen molar-refractivity contribution in [3.05, 3.63) is 34.9 Å². The third kappa shape index (κ3) is 1.83. The van der Waals surface area contributed by atoms with E-state index in [1.165, 1.54) is 5.56 Å². The van der Waals surface area contributed by atoms with Crippen LogP contribution in [0.25, 0.3) is 0 Å². The van der Waals surface area contributed by atoms with E-state index >= 15 is 0 Å². The minimum atomic E-state index is -0.0879. The summed E-state index contributed by atoms with van der Waals surface area (Å²) in [5, 5.41) is 1.19. The fourth-order valence-electron chi connectivity index (χ4n) is 1.51. The van der Waals surface area contributed by atoms with Gasteiger partial charge in [-0.15, -0.1) is 11.6 Å². The molecule has 70 valence electrons. The van der Waals surface area contributed by atoms with Gasteiger partial charge in [-0.05, 0) is 24.6 Å². The first-order valence-corrected chi connectivity index (χ1v) is 5.96. The normalized spacial score (nSPS) is 32.7. The maximum Gasteiger partial charge on any atom is 0.0667 e. The van der Waals surface area contributed by atoms with Gasteiger partial charge in [-0.25, -0.2) is 0 Å². The molecule has 13 heavy (non-hydrogen) atoms. The molecule has 2 unspecified atom stereocenters. The molecular formula is C10H10Cl2S. The van der Waals surface area contributed by atoms with Gasteiger partial charge in [0.15, 0.2) is 0 Å². The molecule has 0 amide bonds. The molecule has 0 radical (unpaired) electrons. The van der Waals surface area contributed by atoms with Crippen molar-refractivity contribution < 1.29 is 0 Å². The molecule has 1 saturated heterocycles. The Balaban J connectivity index is 2.26. The van der Waals surface area contributed by atoms with Gasteiger partial charge in [-0.1, -0.05) is 23.7 Å². The topological polar surface area (TPSA) is 0 Å². The third-order valence-corrected chi connectivity index (χ3v) is 5.00. The highest BCUT2D eigenvalue weighted by molar-refractivity contribution is 8.01. The monoisotopic (exact) mass is 232 g/mol. The first kappa shape index (κ1) is 9.70. The first-order valence-electron chi connectivity index (χ1n) is 4.15. The van der Waals surface area contributed by atoms with E-state index in [1.54, 1.807) is 0 Å². The van der Waals surface area contributed by atoms with Gasteiger partial charge in [0.25, 0.3) is 0 Å². The molecule has 0 nitrogen and oxygen atoms in total. The number of benzene rings is 1. The zero-order valence-corrected chi connectivity index (χ0v) is 9.59. The summed E-state index contributed by atoms with van der Waals surface area (Å²) in [6.07, 6.45) is 0. The largest absolute Gasteiger partial charge is 0.150 e. The van der Waals surface area contributed by atoms with E-state index in [-0.39, 0.29) is 4.87 Å². The summed E-state index contributed by atoms with van der Waals surface area (Å²) in [5.74, 6) is 1.02. The average Bonchev–Trinajstić information content (AvgIpc) is 2.02. The molecule has 1 heterocycles. The highest BCUT2D eigenvalue weighted by Crippen LogP contribution is 2.54. The summed E-state index contributed by atoms with van der Waals surface area (Å²) < 4.78 is 0. The minimum Gasteiger partial charge on any atom is -0.150 e. The van der Waals surface area contributed by atoms with E-state index in [2.05, 4.69) is 13.0 Å². The van der Waals surface area contributed by atoms with E-state index in [1.807, 2.05) is 30.0 Å². The van der Waals surface area contributed by atoms with Crippen LogP contribution in [0.5, 0.6) is 0 Å². The van der Waals surface area contributed by atoms with Gasteiger partial charge < -0.3 is 0 Å². The van der Waals surface area contributed by atoms with Gasteiger partial charge in [-0.2, -0.15) is 11.8 Å². The average molecular weight is 233 g/mol. The van der Waals surface area contributed by atoms with Gasteiger partial charge in [0.2, 0.25) is 0 Å². The molecule has 1 aliphatic rings. The Hall–Kier alpha value is 0.150. The number of thioether (sulfide) groups is 1. The molecule has 1 aromatic carbocycles.